The second-order valence-electron chi connectivity index (χ2n) is 4.97. The number of nitrogens with two attached hydrogens (primary N) is 1. The highest BCUT2D eigenvalue weighted by atomic mass is 16.5. The molecule has 1 aromatic heterocycles. The van der Waals surface area contributed by atoms with E-state index in [2.05, 4.69) is 4.98 Å². The van der Waals surface area contributed by atoms with Crippen molar-refractivity contribution < 1.29 is 14.3 Å². The number of rotatable bonds is 6. The van der Waals surface area contributed by atoms with Gasteiger partial charge in [-0.3, -0.25) is 4.79 Å². The Morgan fingerprint density at radius 2 is 2.21 bits per heavy atom. The predicted molar refractivity (Wildman–Crippen MR) is 70.7 cm³/mol. The van der Waals surface area contributed by atoms with Gasteiger partial charge in [-0.25, -0.2) is 4.98 Å². The molecule has 2 N–H and O–H groups in total. The molecule has 1 saturated carbocycles. The summed E-state index contributed by atoms with van der Waals surface area (Å²) >= 11 is 0. The Balaban J connectivity index is 2.26. The largest absolute Gasteiger partial charge is 0.481 e. The first-order valence-electron chi connectivity index (χ1n) is 6.44. The molecule has 1 aromatic rings. The number of carbonyl (C=O) groups excluding carboxylic acids is 1. The summed E-state index contributed by atoms with van der Waals surface area (Å²) in [6, 6.07) is 5.54. The van der Waals surface area contributed by atoms with Crippen LogP contribution in [0.1, 0.15) is 18.5 Å². The van der Waals surface area contributed by atoms with Crippen molar-refractivity contribution in [3.8, 4) is 5.88 Å². The van der Waals surface area contributed by atoms with E-state index in [1.807, 2.05) is 12.1 Å². The number of hydrogen-bond acceptors (Lipinski definition) is 5. The van der Waals surface area contributed by atoms with Crippen LogP contribution in [0.2, 0.25) is 0 Å². The topological polar surface area (TPSA) is 74.4 Å². The van der Waals surface area contributed by atoms with Gasteiger partial charge in [-0.1, -0.05) is 6.07 Å². The van der Waals surface area contributed by atoms with Crippen LogP contribution in [0.25, 0.3) is 0 Å². The van der Waals surface area contributed by atoms with Crippen molar-refractivity contribution in [2.24, 2.45) is 17.1 Å². The summed E-state index contributed by atoms with van der Waals surface area (Å²) < 4.78 is 10.1. The summed E-state index contributed by atoms with van der Waals surface area (Å²) in [5.41, 5.74) is 6.05. The first-order valence-corrected chi connectivity index (χ1v) is 6.44. The molecule has 0 saturated heterocycles. The summed E-state index contributed by atoms with van der Waals surface area (Å²) in [5, 5.41) is 0. The van der Waals surface area contributed by atoms with E-state index in [9.17, 15) is 4.79 Å². The fourth-order valence-electron chi connectivity index (χ4n) is 2.54. The number of pyridine rings is 1. The van der Waals surface area contributed by atoms with Gasteiger partial charge in [0.2, 0.25) is 5.88 Å². The smallest absolute Gasteiger partial charge is 0.313 e. The summed E-state index contributed by atoms with van der Waals surface area (Å²) in [6.07, 6.45) is 2.55. The minimum absolute atomic E-state index is 0.234. The number of esters is 1. The zero-order valence-corrected chi connectivity index (χ0v) is 11.4. The van der Waals surface area contributed by atoms with E-state index >= 15 is 0 Å². The highest BCUT2D eigenvalue weighted by molar-refractivity contribution is 5.78. The lowest BCUT2D eigenvalue weighted by atomic mass is 9.78. The standard InChI is InChI=1S/C14H20N2O3/c1-18-12-5-3-4-11(16-12)8-14(9-15,10-6-7-10)13(17)19-2/h3-5,10H,6-9,15H2,1-2H3. The molecule has 1 heterocycles. The summed E-state index contributed by atoms with van der Waals surface area (Å²) in [5.74, 6) is 0.615. The number of hydrogen-bond donors (Lipinski definition) is 1. The molecule has 2 rings (SSSR count). The molecular formula is C14H20N2O3. The molecule has 0 aliphatic heterocycles. The van der Waals surface area contributed by atoms with Crippen LogP contribution >= 0.6 is 0 Å². The van der Waals surface area contributed by atoms with Gasteiger partial charge in [0.25, 0.3) is 0 Å². The third kappa shape index (κ3) is 2.71. The first-order chi connectivity index (χ1) is 9.16. The molecule has 5 nitrogen and oxygen atoms in total. The normalized spacial score (nSPS) is 17.6. The molecular weight excluding hydrogens is 244 g/mol. The molecule has 1 aliphatic rings. The molecule has 1 unspecified atom stereocenters. The van der Waals surface area contributed by atoms with Crippen molar-refractivity contribution in [3.05, 3.63) is 23.9 Å². The lowest BCUT2D eigenvalue weighted by Crippen LogP contribution is -2.43. The Morgan fingerprint density at radius 1 is 1.47 bits per heavy atom. The van der Waals surface area contributed by atoms with Crippen molar-refractivity contribution in [1.29, 1.82) is 0 Å². The lowest BCUT2D eigenvalue weighted by Gasteiger charge is -2.29. The van der Waals surface area contributed by atoms with Gasteiger partial charge < -0.3 is 15.2 Å². The molecule has 0 aromatic carbocycles. The highest BCUT2D eigenvalue weighted by Gasteiger charge is 2.51. The monoisotopic (exact) mass is 264 g/mol. The third-order valence-corrected chi connectivity index (χ3v) is 3.80. The van der Waals surface area contributed by atoms with Crippen molar-refractivity contribution in [2.75, 3.05) is 20.8 Å². The van der Waals surface area contributed by atoms with Gasteiger partial charge in [0, 0.05) is 24.7 Å². The second-order valence-corrected chi connectivity index (χ2v) is 4.97. The zero-order valence-electron chi connectivity index (χ0n) is 11.4. The maximum Gasteiger partial charge on any atom is 0.313 e. The Labute approximate surface area is 113 Å². The number of nitrogens with zero attached hydrogens (tertiary/aromatic N) is 1. The molecule has 1 atom stereocenters. The van der Waals surface area contributed by atoms with Crippen LogP contribution < -0.4 is 10.5 Å². The molecule has 1 fully saturated rings. The van der Waals surface area contributed by atoms with Crippen LogP contribution in [0.5, 0.6) is 5.88 Å². The van der Waals surface area contributed by atoms with Crippen molar-refractivity contribution in [1.82, 2.24) is 4.98 Å². The molecule has 5 heteroatoms. The van der Waals surface area contributed by atoms with E-state index in [0.29, 0.717) is 18.2 Å². The summed E-state index contributed by atoms with van der Waals surface area (Å²) in [6.45, 7) is 0.281. The van der Waals surface area contributed by atoms with Crippen LogP contribution in [0.4, 0.5) is 0 Å². The fraction of sp³-hybridized carbons (Fsp3) is 0.571. The van der Waals surface area contributed by atoms with E-state index < -0.39 is 5.41 Å². The minimum atomic E-state index is -0.645. The van der Waals surface area contributed by atoms with Crippen LogP contribution in [-0.2, 0) is 16.0 Å². The summed E-state index contributed by atoms with van der Waals surface area (Å²) in [7, 11) is 2.98. The van der Waals surface area contributed by atoms with Gasteiger partial charge in [-0.2, -0.15) is 0 Å². The predicted octanol–water partition coefficient (Wildman–Crippen LogP) is 1.16. The minimum Gasteiger partial charge on any atom is -0.481 e. The van der Waals surface area contributed by atoms with E-state index in [-0.39, 0.29) is 12.5 Å². The van der Waals surface area contributed by atoms with Gasteiger partial charge in [0.05, 0.1) is 19.6 Å². The van der Waals surface area contributed by atoms with Gasteiger partial charge in [0.15, 0.2) is 0 Å². The van der Waals surface area contributed by atoms with Crippen molar-refractivity contribution in [2.45, 2.75) is 19.3 Å². The molecule has 0 amide bonds. The first kappa shape index (κ1) is 13.8. The number of aromatic nitrogens is 1. The Bertz CT molecular complexity index is 460. The number of methoxy groups -OCH3 is 2. The van der Waals surface area contributed by atoms with Crippen LogP contribution in [-0.4, -0.2) is 31.7 Å². The third-order valence-electron chi connectivity index (χ3n) is 3.80. The lowest BCUT2D eigenvalue weighted by molar-refractivity contribution is -0.153. The Kier molecular flexibility index (Phi) is 4.04. The SMILES string of the molecule is COC(=O)C(CN)(Cc1cccc(OC)n1)C1CC1. The van der Waals surface area contributed by atoms with Gasteiger partial charge in [-0.05, 0) is 24.8 Å². The van der Waals surface area contributed by atoms with Crippen LogP contribution in [0.3, 0.4) is 0 Å². The maximum atomic E-state index is 12.1. The Morgan fingerprint density at radius 3 is 2.74 bits per heavy atom. The quantitative estimate of drug-likeness (QED) is 0.780. The van der Waals surface area contributed by atoms with E-state index in [1.165, 1.54) is 7.11 Å². The highest BCUT2D eigenvalue weighted by Crippen LogP contribution is 2.47. The number of ether oxygens (including phenoxy) is 2. The average Bonchev–Trinajstić information content (AvgIpc) is 3.29. The van der Waals surface area contributed by atoms with Crippen LogP contribution in [0, 0.1) is 11.3 Å². The van der Waals surface area contributed by atoms with Crippen molar-refractivity contribution in [3.63, 3.8) is 0 Å². The molecule has 1 aliphatic carbocycles. The molecule has 0 bridgehead atoms. The van der Waals surface area contributed by atoms with E-state index in [1.54, 1.807) is 13.2 Å². The van der Waals surface area contributed by atoms with E-state index in [0.717, 1.165) is 18.5 Å². The van der Waals surface area contributed by atoms with E-state index in [4.69, 9.17) is 15.2 Å². The maximum absolute atomic E-state index is 12.1. The van der Waals surface area contributed by atoms with Gasteiger partial charge in [0.1, 0.15) is 0 Å². The molecule has 0 radical (unpaired) electrons. The zero-order chi connectivity index (χ0) is 13.9. The second kappa shape index (κ2) is 5.57. The number of carbonyl (C=O) groups is 1. The average molecular weight is 264 g/mol. The van der Waals surface area contributed by atoms with Gasteiger partial charge in [-0.15, -0.1) is 0 Å². The van der Waals surface area contributed by atoms with Gasteiger partial charge >= 0.3 is 5.97 Å². The van der Waals surface area contributed by atoms with Crippen LogP contribution in [0.15, 0.2) is 18.2 Å². The van der Waals surface area contributed by atoms with Crippen molar-refractivity contribution >= 4 is 5.97 Å². The fourth-order valence-corrected chi connectivity index (χ4v) is 2.54. The molecule has 104 valence electrons. The Hall–Kier alpha value is -1.62. The molecule has 0 spiro atoms. The summed E-state index contributed by atoms with van der Waals surface area (Å²) in [4.78, 5) is 16.5. The molecule has 19 heavy (non-hydrogen) atoms.